The minimum absolute atomic E-state index is 0.0337. The number of nitrogens with zero attached hydrogens (tertiary/aromatic N) is 1. The lowest BCUT2D eigenvalue weighted by Crippen LogP contribution is -1.93. The number of hydrogen-bond acceptors (Lipinski definition) is 4. The Bertz CT molecular complexity index is 650. The predicted octanol–water partition coefficient (Wildman–Crippen LogP) is 3.08. The van der Waals surface area contributed by atoms with E-state index in [4.69, 9.17) is 20.5 Å². The first-order chi connectivity index (χ1) is 9.12. The molecule has 0 aliphatic heterocycles. The number of nitriles is 1. The van der Waals surface area contributed by atoms with Crippen molar-refractivity contribution in [1.29, 1.82) is 5.26 Å². The van der Waals surface area contributed by atoms with Crippen molar-refractivity contribution in [2.75, 3.05) is 12.8 Å². The fourth-order valence-corrected chi connectivity index (χ4v) is 1.54. The summed E-state index contributed by atoms with van der Waals surface area (Å²) in [5.74, 6) is 0.247. The van der Waals surface area contributed by atoms with Gasteiger partial charge in [0.2, 0.25) is 0 Å². The molecule has 0 atom stereocenters. The van der Waals surface area contributed by atoms with Crippen molar-refractivity contribution in [1.82, 2.24) is 0 Å². The van der Waals surface area contributed by atoms with Crippen LogP contribution in [0.4, 0.5) is 10.1 Å². The van der Waals surface area contributed by atoms with Gasteiger partial charge in [-0.15, -0.1) is 0 Å². The fourth-order valence-electron chi connectivity index (χ4n) is 1.54. The van der Waals surface area contributed by atoms with E-state index in [-0.39, 0.29) is 5.75 Å². The zero-order valence-electron chi connectivity index (χ0n) is 10.2. The molecule has 96 valence electrons. The maximum absolute atomic E-state index is 13.6. The van der Waals surface area contributed by atoms with Gasteiger partial charge in [0.15, 0.2) is 11.6 Å². The van der Waals surface area contributed by atoms with Crippen LogP contribution >= 0.6 is 0 Å². The first-order valence-electron chi connectivity index (χ1n) is 5.44. The summed E-state index contributed by atoms with van der Waals surface area (Å²) < 4.78 is 24.0. The number of hydrogen-bond donors (Lipinski definition) is 1. The van der Waals surface area contributed by atoms with Crippen molar-refractivity contribution in [3.05, 3.63) is 47.8 Å². The molecule has 19 heavy (non-hydrogen) atoms. The molecule has 2 rings (SSSR count). The lowest BCUT2D eigenvalue weighted by atomic mass is 10.2. The summed E-state index contributed by atoms with van der Waals surface area (Å²) in [5.41, 5.74) is 6.13. The van der Waals surface area contributed by atoms with Crippen molar-refractivity contribution in [3.63, 3.8) is 0 Å². The standard InChI is InChI=1S/C14H11FN2O2/c1-18-11-4-9(8-16)5-12(7-11)19-14-3-2-10(17)6-13(14)15/h2-7H,17H2,1H3. The third kappa shape index (κ3) is 2.93. The van der Waals surface area contributed by atoms with Crippen molar-refractivity contribution < 1.29 is 13.9 Å². The summed E-state index contributed by atoms with van der Waals surface area (Å²) in [5, 5.41) is 8.89. The average molecular weight is 258 g/mol. The molecule has 2 aromatic rings. The molecular weight excluding hydrogens is 247 g/mol. The SMILES string of the molecule is COc1cc(C#N)cc(Oc2ccc(N)cc2F)c1. The number of benzene rings is 2. The zero-order valence-corrected chi connectivity index (χ0v) is 10.2. The minimum atomic E-state index is -0.568. The monoisotopic (exact) mass is 258 g/mol. The molecule has 5 heteroatoms. The molecule has 0 aliphatic rings. The van der Waals surface area contributed by atoms with Crippen LogP contribution in [0.5, 0.6) is 17.2 Å². The van der Waals surface area contributed by atoms with E-state index in [0.717, 1.165) is 0 Å². The lowest BCUT2D eigenvalue weighted by Gasteiger charge is -2.09. The van der Waals surface area contributed by atoms with E-state index in [9.17, 15) is 4.39 Å². The largest absolute Gasteiger partial charge is 0.497 e. The van der Waals surface area contributed by atoms with E-state index >= 15 is 0 Å². The van der Waals surface area contributed by atoms with Crippen LogP contribution in [0.15, 0.2) is 36.4 Å². The lowest BCUT2D eigenvalue weighted by molar-refractivity contribution is 0.405. The first kappa shape index (κ1) is 12.7. The first-order valence-corrected chi connectivity index (χ1v) is 5.44. The second kappa shape index (κ2) is 5.27. The second-order valence-electron chi connectivity index (χ2n) is 3.80. The van der Waals surface area contributed by atoms with Gasteiger partial charge < -0.3 is 15.2 Å². The molecule has 2 N–H and O–H groups in total. The molecule has 0 saturated heterocycles. The van der Waals surface area contributed by atoms with Gasteiger partial charge in [0, 0.05) is 17.8 Å². The number of ether oxygens (including phenoxy) is 2. The highest BCUT2D eigenvalue weighted by atomic mass is 19.1. The van der Waals surface area contributed by atoms with Gasteiger partial charge in [-0.05, 0) is 24.3 Å². The third-order valence-electron chi connectivity index (χ3n) is 2.43. The van der Waals surface area contributed by atoms with Crippen LogP contribution in [-0.4, -0.2) is 7.11 Å². The van der Waals surface area contributed by atoms with Crippen LogP contribution in [0.25, 0.3) is 0 Å². The van der Waals surface area contributed by atoms with E-state index in [2.05, 4.69) is 0 Å². The van der Waals surface area contributed by atoms with Gasteiger partial charge in [-0.2, -0.15) is 5.26 Å². The second-order valence-corrected chi connectivity index (χ2v) is 3.80. The molecule has 0 fully saturated rings. The van der Waals surface area contributed by atoms with Crippen LogP contribution in [0.2, 0.25) is 0 Å². The van der Waals surface area contributed by atoms with Gasteiger partial charge in [-0.3, -0.25) is 0 Å². The predicted molar refractivity (Wildman–Crippen MR) is 68.6 cm³/mol. The number of halogens is 1. The van der Waals surface area contributed by atoms with Gasteiger partial charge in [0.25, 0.3) is 0 Å². The van der Waals surface area contributed by atoms with Crippen LogP contribution in [0, 0.1) is 17.1 Å². The number of nitrogen functional groups attached to an aromatic ring is 1. The number of anilines is 1. The van der Waals surface area contributed by atoms with Crippen molar-refractivity contribution in [3.8, 4) is 23.3 Å². The summed E-state index contributed by atoms with van der Waals surface area (Å²) in [6, 6.07) is 10.7. The maximum atomic E-state index is 13.6. The summed E-state index contributed by atoms with van der Waals surface area (Å²) in [6.45, 7) is 0. The smallest absolute Gasteiger partial charge is 0.167 e. The maximum Gasteiger partial charge on any atom is 0.167 e. The van der Waals surface area contributed by atoms with Crippen molar-refractivity contribution in [2.45, 2.75) is 0 Å². The Labute approximate surface area is 109 Å². The van der Waals surface area contributed by atoms with Crippen LogP contribution in [0.1, 0.15) is 5.56 Å². The van der Waals surface area contributed by atoms with Crippen LogP contribution in [-0.2, 0) is 0 Å². The van der Waals surface area contributed by atoms with E-state index in [1.165, 1.54) is 31.4 Å². The Morgan fingerprint density at radius 2 is 1.89 bits per heavy atom. The van der Waals surface area contributed by atoms with Gasteiger partial charge in [0.1, 0.15) is 11.5 Å². The van der Waals surface area contributed by atoms with E-state index in [1.807, 2.05) is 6.07 Å². The van der Waals surface area contributed by atoms with Crippen LogP contribution < -0.4 is 15.2 Å². The molecular formula is C14H11FN2O2. The quantitative estimate of drug-likeness (QED) is 0.859. The van der Waals surface area contributed by atoms with Gasteiger partial charge in [-0.25, -0.2) is 4.39 Å². The van der Waals surface area contributed by atoms with Gasteiger partial charge in [-0.1, -0.05) is 0 Å². The molecule has 4 nitrogen and oxygen atoms in total. The van der Waals surface area contributed by atoms with Crippen molar-refractivity contribution >= 4 is 5.69 Å². The highest BCUT2D eigenvalue weighted by molar-refractivity contribution is 5.47. The molecule has 0 amide bonds. The Kier molecular flexibility index (Phi) is 3.53. The Hall–Kier alpha value is -2.74. The third-order valence-corrected chi connectivity index (χ3v) is 2.43. The summed E-state index contributed by atoms with van der Waals surface area (Å²) in [7, 11) is 1.48. The van der Waals surface area contributed by atoms with Crippen LogP contribution in [0.3, 0.4) is 0 Å². The Morgan fingerprint density at radius 3 is 2.53 bits per heavy atom. The minimum Gasteiger partial charge on any atom is -0.497 e. The highest BCUT2D eigenvalue weighted by Gasteiger charge is 2.07. The normalized spacial score (nSPS) is 9.74. The highest BCUT2D eigenvalue weighted by Crippen LogP contribution is 2.29. The fraction of sp³-hybridized carbons (Fsp3) is 0.0714. The van der Waals surface area contributed by atoms with E-state index in [1.54, 1.807) is 12.1 Å². The molecule has 0 radical (unpaired) electrons. The molecule has 0 spiro atoms. The van der Waals surface area contributed by atoms with Crippen molar-refractivity contribution in [2.24, 2.45) is 0 Å². The van der Waals surface area contributed by atoms with Gasteiger partial charge in [0.05, 0.1) is 18.7 Å². The van der Waals surface area contributed by atoms with E-state index < -0.39 is 5.82 Å². The van der Waals surface area contributed by atoms with Gasteiger partial charge >= 0.3 is 0 Å². The molecule has 0 saturated carbocycles. The number of rotatable bonds is 3. The zero-order chi connectivity index (χ0) is 13.8. The van der Waals surface area contributed by atoms with E-state index in [0.29, 0.717) is 22.7 Å². The summed E-state index contributed by atoms with van der Waals surface area (Å²) in [6.07, 6.45) is 0. The average Bonchev–Trinajstić information content (AvgIpc) is 2.41. The summed E-state index contributed by atoms with van der Waals surface area (Å²) >= 11 is 0. The molecule has 0 unspecified atom stereocenters. The molecule has 2 aromatic carbocycles. The summed E-state index contributed by atoms with van der Waals surface area (Å²) in [4.78, 5) is 0. The molecule has 0 aromatic heterocycles. The number of methoxy groups -OCH3 is 1. The molecule has 0 aliphatic carbocycles. The Morgan fingerprint density at radius 1 is 1.16 bits per heavy atom. The topological polar surface area (TPSA) is 68.3 Å². The Balaban J connectivity index is 2.35. The molecule has 0 heterocycles. The number of nitrogens with two attached hydrogens (primary N) is 1. The molecule has 0 bridgehead atoms.